The Morgan fingerprint density at radius 3 is 2.50 bits per heavy atom. The van der Waals surface area contributed by atoms with Gasteiger partial charge in [0.25, 0.3) is 0 Å². The second kappa shape index (κ2) is 3.81. The van der Waals surface area contributed by atoms with Gasteiger partial charge in [-0.25, -0.2) is 0 Å². The van der Waals surface area contributed by atoms with E-state index in [4.69, 9.17) is 5.73 Å². The number of likely N-dealkylation sites (tertiary alicyclic amines) is 1. The minimum Gasteiger partial charge on any atom is -0.369 e. The monoisotopic (exact) mass is 216 g/mol. The zero-order valence-corrected chi connectivity index (χ0v) is 9.38. The normalized spacial score (nSPS) is 28.9. The van der Waals surface area contributed by atoms with Crippen LogP contribution in [0.15, 0.2) is 0 Å². The molecule has 0 spiro atoms. The average molecular weight is 216 g/mol. The Morgan fingerprint density at radius 1 is 1.57 bits per heavy atom. The van der Waals surface area contributed by atoms with Gasteiger partial charge in [-0.1, -0.05) is 0 Å². The molecule has 0 aromatic heterocycles. The van der Waals surface area contributed by atoms with E-state index in [-0.39, 0.29) is 17.1 Å². The van der Waals surface area contributed by atoms with Gasteiger partial charge in [-0.15, -0.1) is 0 Å². The van der Waals surface area contributed by atoms with Crippen LogP contribution in [0.4, 0.5) is 0 Å². The minimum absolute atomic E-state index is 0.0293. The number of nitrogens with zero attached hydrogens (tertiary/aromatic N) is 1. The Labute approximate surface area is 89.2 Å². The number of nitrogens with two attached hydrogens (primary N) is 1. The van der Waals surface area contributed by atoms with E-state index in [1.54, 1.807) is 18.7 Å². The Bertz CT molecular complexity index is 268. The third kappa shape index (κ3) is 2.03. The fraction of sp³-hybridized carbons (Fsp3) is 0.778. The molecular formula is C9H16N2O2S. The van der Waals surface area contributed by atoms with Crippen LogP contribution >= 0.6 is 12.6 Å². The summed E-state index contributed by atoms with van der Waals surface area (Å²) in [6.07, 6.45) is 0.647. The Kier molecular flexibility index (Phi) is 3.09. The second-order valence-electron chi connectivity index (χ2n) is 4.11. The summed E-state index contributed by atoms with van der Waals surface area (Å²) in [5.74, 6) is -0.363. The molecule has 1 rings (SSSR count). The molecule has 0 aromatic carbocycles. The van der Waals surface area contributed by atoms with Crippen molar-refractivity contribution in [3.63, 3.8) is 0 Å². The van der Waals surface area contributed by atoms with E-state index in [0.29, 0.717) is 19.5 Å². The van der Waals surface area contributed by atoms with Crippen molar-refractivity contribution in [3.8, 4) is 0 Å². The van der Waals surface area contributed by atoms with Crippen LogP contribution in [0, 0.1) is 5.41 Å². The lowest BCUT2D eigenvalue weighted by Crippen LogP contribution is -2.40. The number of thiol groups is 1. The van der Waals surface area contributed by atoms with E-state index in [0.717, 1.165) is 0 Å². The molecule has 1 fully saturated rings. The first kappa shape index (κ1) is 11.4. The summed E-state index contributed by atoms with van der Waals surface area (Å²) in [6.45, 7) is 4.55. The maximum atomic E-state index is 11.6. The van der Waals surface area contributed by atoms with Crippen LogP contribution in [-0.4, -0.2) is 35.1 Å². The number of rotatable bonds is 2. The molecule has 2 atom stereocenters. The minimum atomic E-state index is -0.557. The van der Waals surface area contributed by atoms with Crippen LogP contribution in [-0.2, 0) is 9.59 Å². The number of hydrogen-bond donors (Lipinski definition) is 2. The van der Waals surface area contributed by atoms with Crippen LogP contribution in [0.2, 0.25) is 0 Å². The molecule has 0 radical (unpaired) electrons. The van der Waals surface area contributed by atoms with Gasteiger partial charge in [0.2, 0.25) is 11.8 Å². The highest BCUT2D eigenvalue weighted by atomic mass is 32.1. The lowest BCUT2D eigenvalue weighted by molar-refractivity contribution is -0.130. The zero-order valence-electron chi connectivity index (χ0n) is 8.49. The summed E-state index contributed by atoms with van der Waals surface area (Å²) >= 11 is 4.07. The fourth-order valence-corrected chi connectivity index (χ4v) is 1.78. The molecule has 1 heterocycles. The Balaban J connectivity index is 2.66. The number of carbonyl (C=O) groups excluding carboxylic acids is 2. The van der Waals surface area contributed by atoms with E-state index in [9.17, 15) is 9.59 Å². The standard InChI is InChI=1S/C9H16N2O2S/c1-6(14)7(12)11-4-3-9(2,5-11)8(10)13/h6,14H,3-5H2,1-2H3,(H2,10,13). The van der Waals surface area contributed by atoms with E-state index < -0.39 is 5.41 Å². The zero-order chi connectivity index (χ0) is 10.9. The van der Waals surface area contributed by atoms with E-state index in [1.165, 1.54) is 0 Å². The number of hydrogen-bond acceptors (Lipinski definition) is 3. The molecule has 0 aromatic rings. The van der Waals surface area contributed by atoms with Crippen molar-refractivity contribution in [3.05, 3.63) is 0 Å². The van der Waals surface area contributed by atoms with Gasteiger partial charge < -0.3 is 10.6 Å². The molecule has 2 unspecified atom stereocenters. The van der Waals surface area contributed by atoms with Gasteiger partial charge in [0.15, 0.2) is 0 Å². The van der Waals surface area contributed by atoms with Gasteiger partial charge in [0.1, 0.15) is 0 Å². The molecule has 2 amide bonds. The van der Waals surface area contributed by atoms with Gasteiger partial charge in [-0.05, 0) is 20.3 Å². The Hall–Kier alpha value is -0.710. The highest BCUT2D eigenvalue weighted by Gasteiger charge is 2.40. The van der Waals surface area contributed by atoms with Crippen molar-refractivity contribution in [1.82, 2.24) is 4.90 Å². The van der Waals surface area contributed by atoms with Crippen LogP contribution < -0.4 is 5.73 Å². The third-order valence-electron chi connectivity index (χ3n) is 2.74. The van der Waals surface area contributed by atoms with Gasteiger partial charge in [-0.2, -0.15) is 12.6 Å². The molecule has 80 valence electrons. The molecule has 5 heteroatoms. The first-order valence-electron chi connectivity index (χ1n) is 4.63. The van der Waals surface area contributed by atoms with Crippen molar-refractivity contribution >= 4 is 24.4 Å². The number of primary amides is 1. The third-order valence-corrected chi connectivity index (χ3v) is 2.96. The first-order valence-corrected chi connectivity index (χ1v) is 5.15. The topological polar surface area (TPSA) is 63.4 Å². The molecule has 1 aliphatic rings. The van der Waals surface area contributed by atoms with Gasteiger partial charge in [0.05, 0.1) is 10.7 Å². The quantitative estimate of drug-likeness (QED) is 0.640. The van der Waals surface area contributed by atoms with E-state index in [2.05, 4.69) is 12.6 Å². The molecule has 14 heavy (non-hydrogen) atoms. The van der Waals surface area contributed by atoms with Crippen molar-refractivity contribution in [1.29, 1.82) is 0 Å². The predicted molar refractivity (Wildman–Crippen MR) is 56.9 cm³/mol. The molecule has 2 N–H and O–H groups in total. The summed E-state index contributed by atoms with van der Waals surface area (Å²) < 4.78 is 0. The molecule has 0 bridgehead atoms. The van der Waals surface area contributed by atoms with Gasteiger partial charge >= 0.3 is 0 Å². The van der Waals surface area contributed by atoms with Crippen molar-refractivity contribution in [2.24, 2.45) is 11.1 Å². The maximum Gasteiger partial charge on any atom is 0.235 e. The van der Waals surface area contributed by atoms with E-state index in [1.807, 2.05) is 0 Å². The number of carbonyl (C=O) groups is 2. The summed E-state index contributed by atoms with van der Waals surface area (Å²) in [5, 5.41) is -0.315. The number of amides is 2. The maximum absolute atomic E-state index is 11.6. The van der Waals surface area contributed by atoms with Gasteiger partial charge in [0, 0.05) is 13.1 Å². The summed E-state index contributed by atoms with van der Waals surface area (Å²) in [4.78, 5) is 24.3. The average Bonchev–Trinajstić information content (AvgIpc) is 2.48. The van der Waals surface area contributed by atoms with Gasteiger partial charge in [-0.3, -0.25) is 9.59 Å². The largest absolute Gasteiger partial charge is 0.369 e. The van der Waals surface area contributed by atoms with Crippen molar-refractivity contribution < 1.29 is 9.59 Å². The summed E-state index contributed by atoms with van der Waals surface area (Å²) in [6, 6.07) is 0. The van der Waals surface area contributed by atoms with Crippen LogP contribution in [0.1, 0.15) is 20.3 Å². The molecule has 1 saturated heterocycles. The lowest BCUT2D eigenvalue weighted by atomic mass is 9.89. The fourth-order valence-electron chi connectivity index (χ4n) is 1.61. The molecule has 0 aliphatic carbocycles. The smallest absolute Gasteiger partial charge is 0.235 e. The molecule has 4 nitrogen and oxygen atoms in total. The second-order valence-corrected chi connectivity index (χ2v) is 4.89. The first-order chi connectivity index (χ1) is 6.37. The SMILES string of the molecule is CC(S)C(=O)N1CCC(C)(C(N)=O)C1. The van der Waals surface area contributed by atoms with E-state index >= 15 is 0 Å². The van der Waals surface area contributed by atoms with Crippen LogP contribution in [0.3, 0.4) is 0 Å². The highest BCUT2D eigenvalue weighted by Crippen LogP contribution is 2.29. The van der Waals surface area contributed by atoms with Crippen molar-refractivity contribution in [2.75, 3.05) is 13.1 Å². The lowest BCUT2D eigenvalue weighted by Gasteiger charge is -2.22. The van der Waals surface area contributed by atoms with Crippen molar-refractivity contribution in [2.45, 2.75) is 25.5 Å². The summed E-state index contributed by atoms with van der Waals surface area (Å²) in [5.41, 5.74) is 4.72. The molecule has 0 saturated carbocycles. The molecule has 1 aliphatic heterocycles. The van der Waals surface area contributed by atoms with Crippen LogP contribution in [0.25, 0.3) is 0 Å². The molecular weight excluding hydrogens is 200 g/mol. The highest BCUT2D eigenvalue weighted by molar-refractivity contribution is 7.81. The van der Waals surface area contributed by atoms with Crippen LogP contribution in [0.5, 0.6) is 0 Å². The Morgan fingerprint density at radius 2 is 2.14 bits per heavy atom. The summed E-state index contributed by atoms with van der Waals surface area (Å²) in [7, 11) is 0. The predicted octanol–water partition coefficient (Wildman–Crippen LogP) is 0.0286.